The van der Waals surface area contributed by atoms with Crippen LogP contribution in [0.5, 0.6) is 0 Å². The highest BCUT2D eigenvalue weighted by Gasteiger charge is 2.29. The minimum absolute atomic E-state index is 0.0707. The lowest BCUT2D eigenvalue weighted by Crippen LogP contribution is -2.14. The Morgan fingerprint density at radius 2 is 2.05 bits per heavy atom. The Kier molecular flexibility index (Phi) is 5.00. The first kappa shape index (κ1) is 16.3. The van der Waals surface area contributed by atoms with E-state index >= 15 is 0 Å². The number of aromatic nitrogens is 3. The van der Waals surface area contributed by atoms with Gasteiger partial charge in [-0.25, -0.2) is 4.98 Å². The molecule has 0 aliphatic heterocycles. The number of anilines is 2. The highest BCUT2D eigenvalue weighted by atomic mass is 16.2. The fourth-order valence-corrected chi connectivity index (χ4v) is 2.25. The average molecular weight is 303 g/mol. The lowest BCUT2D eigenvalue weighted by Gasteiger charge is -2.08. The summed E-state index contributed by atoms with van der Waals surface area (Å²) in [6.07, 6.45) is 3.74. The molecule has 120 valence electrons. The Morgan fingerprint density at radius 1 is 1.36 bits per heavy atom. The molecule has 0 atom stereocenters. The number of fused-ring (bicyclic) bond motifs is 1. The van der Waals surface area contributed by atoms with Crippen LogP contribution in [0, 0.1) is 5.92 Å². The van der Waals surface area contributed by atoms with Gasteiger partial charge in [0.1, 0.15) is 5.82 Å². The maximum Gasteiger partial charge on any atom is 0.228 e. The molecule has 0 spiro atoms. The molecule has 0 unspecified atom stereocenters. The second-order valence-corrected chi connectivity index (χ2v) is 5.49. The summed E-state index contributed by atoms with van der Waals surface area (Å²) in [5.41, 5.74) is 0.977. The lowest BCUT2D eigenvalue weighted by atomic mass is 10.3. The average Bonchev–Trinajstić information content (AvgIpc) is 3.30. The molecule has 2 aromatic rings. The number of hydrogen-bond donors (Lipinski definition) is 2. The van der Waals surface area contributed by atoms with Crippen molar-refractivity contribution in [3.05, 3.63) is 12.3 Å². The Bertz CT molecular complexity index is 658. The fourth-order valence-electron chi connectivity index (χ4n) is 2.25. The minimum Gasteiger partial charge on any atom is -0.371 e. The minimum atomic E-state index is 0.0707. The summed E-state index contributed by atoms with van der Waals surface area (Å²) in [6.45, 7) is 8.16. The molecule has 2 N–H and O–H groups in total. The third kappa shape index (κ3) is 3.21. The zero-order valence-electron chi connectivity index (χ0n) is 14.0. The third-order valence-corrected chi connectivity index (χ3v) is 3.52. The number of carbonyl (C=O) groups excluding carboxylic acids is 1. The summed E-state index contributed by atoms with van der Waals surface area (Å²) in [5, 5.41) is 11.4. The van der Waals surface area contributed by atoms with Crippen LogP contribution in [-0.2, 0) is 4.79 Å². The maximum absolute atomic E-state index is 11.8. The van der Waals surface area contributed by atoms with Crippen molar-refractivity contribution in [3.63, 3.8) is 0 Å². The van der Waals surface area contributed by atoms with E-state index in [-0.39, 0.29) is 17.9 Å². The van der Waals surface area contributed by atoms with Crippen LogP contribution in [0.1, 0.15) is 46.6 Å². The monoisotopic (exact) mass is 303 g/mol. The first-order valence-corrected chi connectivity index (χ1v) is 7.97. The van der Waals surface area contributed by atoms with Gasteiger partial charge in [0.05, 0.1) is 10.9 Å². The smallest absolute Gasteiger partial charge is 0.228 e. The fraction of sp³-hybridized carbons (Fsp3) is 0.562. The molecule has 1 aliphatic carbocycles. The predicted molar refractivity (Wildman–Crippen MR) is 90.2 cm³/mol. The zero-order chi connectivity index (χ0) is 16.3. The molecule has 2 aromatic heterocycles. The standard InChI is InChI=1S/C14H19N5O.C2H6/c1-8(2)19-11-6-12(17-14(20)9-4-5-9)16-7-10(11)13(15-3)18-19;1-2/h6-9H,4-5H2,1-3H3,(H,15,18)(H,16,17,20);1-2H3. The van der Waals surface area contributed by atoms with E-state index < -0.39 is 0 Å². The van der Waals surface area contributed by atoms with Gasteiger partial charge < -0.3 is 10.6 Å². The summed E-state index contributed by atoms with van der Waals surface area (Å²) in [6, 6.07) is 2.14. The van der Waals surface area contributed by atoms with E-state index in [1.807, 2.05) is 31.6 Å². The van der Waals surface area contributed by atoms with Crippen molar-refractivity contribution >= 4 is 28.4 Å². The molecule has 22 heavy (non-hydrogen) atoms. The van der Waals surface area contributed by atoms with Gasteiger partial charge in [0.25, 0.3) is 0 Å². The van der Waals surface area contributed by atoms with Crippen LogP contribution in [0.2, 0.25) is 0 Å². The maximum atomic E-state index is 11.8. The van der Waals surface area contributed by atoms with Crippen LogP contribution < -0.4 is 10.6 Å². The molecule has 1 fully saturated rings. The molecule has 6 heteroatoms. The molecule has 0 aromatic carbocycles. The van der Waals surface area contributed by atoms with E-state index in [1.165, 1.54) is 0 Å². The zero-order valence-corrected chi connectivity index (χ0v) is 14.0. The number of nitrogens with zero attached hydrogens (tertiary/aromatic N) is 3. The van der Waals surface area contributed by atoms with Crippen molar-refractivity contribution in [1.29, 1.82) is 0 Å². The topological polar surface area (TPSA) is 71.8 Å². The predicted octanol–water partition coefficient (Wildman–Crippen LogP) is 3.43. The molecule has 1 amide bonds. The van der Waals surface area contributed by atoms with Gasteiger partial charge in [0.15, 0.2) is 5.82 Å². The largest absolute Gasteiger partial charge is 0.371 e. The quantitative estimate of drug-likeness (QED) is 0.907. The van der Waals surface area contributed by atoms with E-state index in [0.717, 1.165) is 29.6 Å². The summed E-state index contributed by atoms with van der Waals surface area (Å²) in [7, 11) is 1.84. The molecule has 1 saturated carbocycles. The van der Waals surface area contributed by atoms with E-state index in [1.54, 1.807) is 6.20 Å². The molecule has 2 heterocycles. The van der Waals surface area contributed by atoms with Crippen LogP contribution in [0.3, 0.4) is 0 Å². The van der Waals surface area contributed by atoms with E-state index in [0.29, 0.717) is 5.82 Å². The summed E-state index contributed by atoms with van der Waals surface area (Å²) >= 11 is 0. The molecule has 0 bridgehead atoms. The van der Waals surface area contributed by atoms with Gasteiger partial charge in [0, 0.05) is 31.3 Å². The molecule has 0 radical (unpaired) electrons. The van der Waals surface area contributed by atoms with Gasteiger partial charge >= 0.3 is 0 Å². The number of pyridine rings is 1. The van der Waals surface area contributed by atoms with Gasteiger partial charge in [-0.3, -0.25) is 9.48 Å². The Balaban J connectivity index is 0.000000847. The number of nitrogens with one attached hydrogen (secondary N) is 2. The van der Waals surface area contributed by atoms with Gasteiger partial charge in [-0.2, -0.15) is 5.10 Å². The van der Waals surface area contributed by atoms with Crippen LogP contribution >= 0.6 is 0 Å². The van der Waals surface area contributed by atoms with Gasteiger partial charge in [0.2, 0.25) is 5.91 Å². The summed E-state index contributed by atoms with van der Waals surface area (Å²) in [4.78, 5) is 16.1. The molecule has 3 rings (SSSR count). The van der Waals surface area contributed by atoms with Gasteiger partial charge in [-0.1, -0.05) is 13.8 Å². The molecular formula is C16H25N5O. The van der Waals surface area contributed by atoms with E-state index in [9.17, 15) is 4.79 Å². The number of amides is 1. The van der Waals surface area contributed by atoms with Crippen molar-refractivity contribution in [1.82, 2.24) is 14.8 Å². The first-order chi connectivity index (χ1) is 10.6. The number of carbonyl (C=O) groups is 1. The lowest BCUT2D eigenvalue weighted by molar-refractivity contribution is -0.117. The number of hydrogen-bond acceptors (Lipinski definition) is 4. The van der Waals surface area contributed by atoms with Crippen molar-refractivity contribution in [3.8, 4) is 0 Å². The molecule has 0 saturated heterocycles. The molecule has 6 nitrogen and oxygen atoms in total. The van der Waals surface area contributed by atoms with Crippen molar-refractivity contribution < 1.29 is 4.79 Å². The summed E-state index contributed by atoms with van der Waals surface area (Å²) in [5.74, 6) is 1.65. The molecule has 1 aliphatic rings. The highest BCUT2D eigenvalue weighted by molar-refractivity contribution is 5.96. The Labute approximate surface area is 131 Å². The second kappa shape index (κ2) is 6.77. The van der Waals surface area contributed by atoms with Crippen molar-refractivity contribution in [2.24, 2.45) is 5.92 Å². The van der Waals surface area contributed by atoms with Crippen molar-refractivity contribution in [2.45, 2.75) is 46.6 Å². The van der Waals surface area contributed by atoms with Crippen LogP contribution in [0.4, 0.5) is 11.6 Å². The van der Waals surface area contributed by atoms with Crippen LogP contribution in [0.15, 0.2) is 12.3 Å². The van der Waals surface area contributed by atoms with Gasteiger partial charge in [-0.05, 0) is 26.7 Å². The Hall–Kier alpha value is -2.11. The second-order valence-electron chi connectivity index (χ2n) is 5.49. The highest BCUT2D eigenvalue weighted by Crippen LogP contribution is 2.31. The van der Waals surface area contributed by atoms with Gasteiger partial charge in [-0.15, -0.1) is 0 Å². The van der Waals surface area contributed by atoms with E-state index in [4.69, 9.17) is 0 Å². The first-order valence-electron chi connectivity index (χ1n) is 7.97. The number of rotatable bonds is 4. The molecular weight excluding hydrogens is 278 g/mol. The van der Waals surface area contributed by atoms with Crippen LogP contribution in [-0.4, -0.2) is 27.7 Å². The SMILES string of the molecule is CC.CNc1nn(C(C)C)c2cc(NC(=O)C3CC3)ncc12. The summed E-state index contributed by atoms with van der Waals surface area (Å²) < 4.78 is 1.94. The normalized spacial score (nSPS) is 13.7. The van der Waals surface area contributed by atoms with Crippen molar-refractivity contribution in [2.75, 3.05) is 17.7 Å². The van der Waals surface area contributed by atoms with E-state index in [2.05, 4.69) is 34.6 Å². The van der Waals surface area contributed by atoms with Crippen LogP contribution in [0.25, 0.3) is 10.9 Å². The Morgan fingerprint density at radius 3 is 2.59 bits per heavy atom. The third-order valence-electron chi connectivity index (χ3n) is 3.52.